The van der Waals surface area contributed by atoms with Gasteiger partial charge in [0.25, 0.3) is 0 Å². The number of hydrogen-bond donors (Lipinski definition) is 0. The van der Waals surface area contributed by atoms with E-state index in [1.54, 1.807) is 56.7 Å². The van der Waals surface area contributed by atoms with Crippen LogP contribution in [0.1, 0.15) is 23.2 Å². The van der Waals surface area contributed by atoms with Crippen LogP contribution in [-0.4, -0.2) is 31.6 Å². The molecule has 0 fully saturated rings. The van der Waals surface area contributed by atoms with E-state index >= 15 is 0 Å². The molecule has 0 heterocycles. The molecule has 0 radical (unpaired) electrons. The fourth-order valence-electron chi connectivity index (χ4n) is 2.17. The molecule has 1 aliphatic carbocycles. The Balaban J connectivity index is 2.01. The first-order valence-corrected chi connectivity index (χ1v) is 6.71. The summed E-state index contributed by atoms with van der Waals surface area (Å²) in [6.07, 6.45) is 5.40. The molecule has 1 aliphatic rings. The molecular formula is C17H18O4. The third-order valence-corrected chi connectivity index (χ3v) is 3.55. The average Bonchev–Trinajstić information content (AvgIpc) is 2.55. The molecule has 0 aliphatic heterocycles. The highest BCUT2D eigenvalue weighted by molar-refractivity contribution is 6.14. The van der Waals surface area contributed by atoms with E-state index in [1.807, 2.05) is 6.07 Å². The second-order valence-electron chi connectivity index (χ2n) is 4.81. The van der Waals surface area contributed by atoms with Crippen molar-refractivity contribution >= 4 is 11.6 Å². The third-order valence-electron chi connectivity index (χ3n) is 3.55. The molecule has 0 amide bonds. The van der Waals surface area contributed by atoms with E-state index in [2.05, 4.69) is 0 Å². The maximum absolute atomic E-state index is 12.1. The lowest BCUT2D eigenvalue weighted by Gasteiger charge is -2.28. The van der Waals surface area contributed by atoms with Gasteiger partial charge in [-0.25, -0.2) is 0 Å². The Kier molecular flexibility index (Phi) is 4.83. The van der Waals surface area contributed by atoms with Gasteiger partial charge in [0.05, 0.1) is 6.42 Å². The van der Waals surface area contributed by atoms with Crippen LogP contribution in [0.4, 0.5) is 0 Å². The predicted molar refractivity (Wildman–Crippen MR) is 79.0 cm³/mol. The van der Waals surface area contributed by atoms with Crippen LogP contribution >= 0.6 is 0 Å². The molecular weight excluding hydrogens is 268 g/mol. The van der Waals surface area contributed by atoms with Crippen molar-refractivity contribution in [1.82, 2.24) is 0 Å². The number of hydrogen-bond acceptors (Lipinski definition) is 4. The number of carbonyl (C=O) groups is 2. The molecule has 0 bridgehead atoms. The topological polar surface area (TPSA) is 52.6 Å². The minimum Gasteiger partial charge on any atom is -0.349 e. The molecule has 21 heavy (non-hydrogen) atoms. The highest BCUT2D eigenvalue weighted by atomic mass is 16.7. The van der Waals surface area contributed by atoms with Crippen molar-refractivity contribution < 1.29 is 19.1 Å². The second-order valence-corrected chi connectivity index (χ2v) is 4.81. The number of ketones is 2. The van der Waals surface area contributed by atoms with Gasteiger partial charge >= 0.3 is 0 Å². The highest BCUT2D eigenvalue weighted by Crippen LogP contribution is 2.26. The lowest BCUT2D eigenvalue weighted by atomic mass is 9.95. The van der Waals surface area contributed by atoms with Crippen LogP contribution in [0.3, 0.4) is 0 Å². The number of allylic oxidation sites excluding steroid dienone is 2. The zero-order valence-electron chi connectivity index (χ0n) is 12.2. The van der Waals surface area contributed by atoms with Crippen molar-refractivity contribution in [3.63, 3.8) is 0 Å². The SMILES string of the molecule is COC1(OC)C=CC(C(=O)CC(=O)c2ccccc2)=CC1. The molecule has 2 rings (SSSR count). The van der Waals surface area contributed by atoms with Gasteiger partial charge in [-0.15, -0.1) is 0 Å². The number of carbonyl (C=O) groups excluding carboxylic acids is 2. The van der Waals surface area contributed by atoms with Crippen LogP contribution < -0.4 is 0 Å². The van der Waals surface area contributed by atoms with Gasteiger partial charge in [-0.05, 0) is 6.08 Å². The quantitative estimate of drug-likeness (QED) is 0.458. The van der Waals surface area contributed by atoms with Gasteiger partial charge in [-0.1, -0.05) is 42.5 Å². The van der Waals surface area contributed by atoms with Gasteiger partial charge in [-0.3, -0.25) is 9.59 Å². The van der Waals surface area contributed by atoms with Crippen molar-refractivity contribution in [2.45, 2.75) is 18.6 Å². The number of benzene rings is 1. The first kappa shape index (κ1) is 15.4. The van der Waals surface area contributed by atoms with Gasteiger partial charge in [-0.2, -0.15) is 0 Å². The van der Waals surface area contributed by atoms with Crippen molar-refractivity contribution in [1.29, 1.82) is 0 Å². The maximum Gasteiger partial charge on any atom is 0.190 e. The van der Waals surface area contributed by atoms with Gasteiger partial charge in [0.15, 0.2) is 17.4 Å². The van der Waals surface area contributed by atoms with Gasteiger partial charge in [0, 0.05) is 31.8 Å². The van der Waals surface area contributed by atoms with E-state index < -0.39 is 5.79 Å². The Labute approximate surface area is 124 Å². The number of rotatable bonds is 6. The van der Waals surface area contributed by atoms with E-state index in [9.17, 15) is 9.59 Å². The fraction of sp³-hybridized carbons (Fsp3) is 0.294. The lowest BCUT2D eigenvalue weighted by molar-refractivity contribution is -0.167. The molecule has 0 spiro atoms. The first-order chi connectivity index (χ1) is 10.1. The van der Waals surface area contributed by atoms with E-state index in [0.29, 0.717) is 17.6 Å². The van der Waals surface area contributed by atoms with E-state index in [1.165, 1.54) is 0 Å². The molecule has 4 heteroatoms. The Morgan fingerprint density at radius 2 is 1.76 bits per heavy atom. The second kappa shape index (κ2) is 6.61. The lowest BCUT2D eigenvalue weighted by Crippen LogP contribution is -2.32. The summed E-state index contributed by atoms with van der Waals surface area (Å²) in [7, 11) is 3.10. The van der Waals surface area contributed by atoms with Crippen LogP contribution in [-0.2, 0) is 14.3 Å². The molecule has 1 aromatic rings. The summed E-state index contributed by atoms with van der Waals surface area (Å²) in [5, 5.41) is 0. The molecule has 110 valence electrons. The number of Topliss-reactive ketones (excluding diaryl/α,β-unsaturated/α-hetero) is 2. The smallest absolute Gasteiger partial charge is 0.190 e. The van der Waals surface area contributed by atoms with Crippen LogP contribution in [0.5, 0.6) is 0 Å². The molecule has 4 nitrogen and oxygen atoms in total. The summed E-state index contributed by atoms with van der Waals surface area (Å²) < 4.78 is 10.5. The zero-order valence-corrected chi connectivity index (χ0v) is 12.2. The minimum atomic E-state index is -0.812. The van der Waals surface area contributed by atoms with E-state index in [-0.39, 0.29) is 18.0 Å². The zero-order chi connectivity index (χ0) is 15.3. The van der Waals surface area contributed by atoms with Gasteiger partial charge in [0.2, 0.25) is 0 Å². The molecule has 0 saturated carbocycles. The highest BCUT2D eigenvalue weighted by Gasteiger charge is 2.28. The Bertz CT molecular complexity index is 580. The minimum absolute atomic E-state index is 0.132. The monoisotopic (exact) mass is 286 g/mol. The normalized spacial score (nSPS) is 16.4. The van der Waals surface area contributed by atoms with Crippen molar-refractivity contribution in [2.24, 2.45) is 0 Å². The summed E-state index contributed by atoms with van der Waals surface area (Å²) in [4.78, 5) is 24.2. The van der Waals surface area contributed by atoms with Crippen molar-refractivity contribution in [3.8, 4) is 0 Å². The van der Waals surface area contributed by atoms with Crippen LogP contribution in [0.25, 0.3) is 0 Å². The predicted octanol–water partition coefficient (Wildman–Crippen LogP) is 2.70. The van der Waals surface area contributed by atoms with Crippen LogP contribution in [0.15, 0.2) is 54.1 Å². The van der Waals surface area contributed by atoms with Crippen LogP contribution in [0.2, 0.25) is 0 Å². The molecule has 0 saturated heterocycles. The first-order valence-electron chi connectivity index (χ1n) is 6.71. The summed E-state index contributed by atoms with van der Waals surface area (Å²) in [5.74, 6) is -1.18. The summed E-state index contributed by atoms with van der Waals surface area (Å²) in [6.45, 7) is 0. The Hall–Kier alpha value is -2.04. The fourth-order valence-corrected chi connectivity index (χ4v) is 2.17. The summed E-state index contributed by atoms with van der Waals surface area (Å²) in [5.41, 5.74) is 1.07. The summed E-state index contributed by atoms with van der Waals surface area (Å²) >= 11 is 0. The molecule has 1 aromatic carbocycles. The van der Waals surface area contributed by atoms with Crippen LogP contribution in [0, 0.1) is 0 Å². The molecule has 0 aromatic heterocycles. The molecule has 0 unspecified atom stereocenters. The summed E-state index contributed by atoms with van der Waals surface area (Å²) in [6, 6.07) is 8.81. The molecule has 0 N–H and O–H groups in total. The standard InChI is InChI=1S/C17H18O4/c1-20-17(21-2)10-8-14(9-11-17)16(19)12-15(18)13-6-4-3-5-7-13/h3-10H,11-12H2,1-2H3. The largest absolute Gasteiger partial charge is 0.349 e. The van der Waals surface area contributed by atoms with Crippen molar-refractivity contribution in [3.05, 3.63) is 59.7 Å². The van der Waals surface area contributed by atoms with E-state index in [4.69, 9.17) is 9.47 Å². The Morgan fingerprint density at radius 1 is 1.10 bits per heavy atom. The Morgan fingerprint density at radius 3 is 2.29 bits per heavy atom. The van der Waals surface area contributed by atoms with Gasteiger partial charge in [0.1, 0.15) is 0 Å². The van der Waals surface area contributed by atoms with Gasteiger partial charge < -0.3 is 9.47 Å². The number of methoxy groups -OCH3 is 2. The molecule has 0 atom stereocenters. The third kappa shape index (κ3) is 3.54. The van der Waals surface area contributed by atoms with E-state index in [0.717, 1.165) is 0 Å². The maximum atomic E-state index is 12.1. The van der Waals surface area contributed by atoms with Crippen molar-refractivity contribution in [2.75, 3.05) is 14.2 Å². The average molecular weight is 286 g/mol. The number of ether oxygens (including phenoxy) is 2.